The Balaban J connectivity index is 1.48. The Bertz CT molecular complexity index is 943. The van der Waals surface area contributed by atoms with E-state index in [9.17, 15) is 9.59 Å². The highest BCUT2D eigenvalue weighted by atomic mass is 16.5. The molecule has 0 saturated heterocycles. The van der Waals surface area contributed by atoms with Gasteiger partial charge in [-0.15, -0.1) is 0 Å². The molecule has 3 aromatic rings. The summed E-state index contributed by atoms with van der Waals surface area (Å²) in [5.41, 5.74) is 9.04. The van der Waals surface area contributed by atoms with E-state index in [0.717, 1.165) is 11.1 Å². The molecule has 0 unspecified atom stereocenters. The first kappa shape index (κ1) is 18.9. The number of carbonyl (C=O) groups excluding carboxylic acids is 2. The van der Waals surface area contributed by atoms with Crippen LogP contribution >= 0.6 is 0 Å². The lowest BCUT2D eigenvalue weighted by atomic mass is 10.1. The number of hydrogen-bond donors (Lipinski definition) is 3. The molecule has 2 amide bonds. The fraction of sp³-hybridized carbons (Fsp3) is 0.0952. The molecule has 28 heavy (non-hydrogen) atoms. The number of ether oxygens (including phenoxy) is 1. The molecule has 3 rings (SSSR count). The number of amides is 2. The number of rotatable bonds is 6. The lowest BCUT2D eigenvalue weighted by Crippen LogP contribution is -2.23. The van der Waals surface area contributed by atoms with Gasteiger partial charge in [0.25, 0.3) is 5.91 Å². The van der Waals surface area contributed by atoms with Gasteiger partial charge in [0, 0.05) is 30.1 Å². The average molecular weight is 375 g/mol. The number of nitrogens with two attached hydrogens (primary N) is 1. The van der Waals surface area contributed by atoms with Crippen molar-refractivity contribution in [2.45, 2.75) is 13.2 Å². The number of aromatic nitrogens is 1. The quantitative estimate of drug-likeness (QED) is 0.573. The fourth-order valence-corrected chi connectivity index (χ4v) is 2.44. The van der Waals surface area contributed by atoms with E-state index in [2.05, 4.69) is 15.6 Å². The van der Waals surface area contributed by atoms with Crippen molar-refractivity contribution in [3.63, 3.8) is 0 Å². The van der Waals surface area contributed by atoms with Crippen molar-refractivity contribution in [2.24, 2.45) is 0 Å². The average Bonchev–Trinajstić information content (AvgIpc) is 2.73. The summed E-state index contributed by atoms with van der Waals surface area (Å²) >= 11 is 0. The van der Waals surface area contributed by atoms with Gasteiger partial charge in [-0.05, 0) is 35.9 Å². The van der Waals surface area contributed by atoms with Crippen LogP contribution in [0.15, 0.2) is 73.1 Å². The number of alkyl carbamates (subject to hydrolysis) is 1. The lowest BCUT2D eigenvalue weighted by Gasteiger charge is -2.09. The third kappa shape index (κ3) is 5.31. The summed E-state index contributed by atoms with van der Waals surface area (Å²) in [7, 11) is 0. The Morgan fingerprint density at radius 2 is 1.75 bits per heavy atom. The first-order valence-corrected chi connectivity index (χ1v) is 8.66. The van der Waals surface area contributed by atoms with E-state index in [1.54, 1.807) is 67.0 Å². The summed E-state index contributed by atoms with van der Waals surface area (Å²) in [5.74, 6) is -0.256. The van der Waals surface area contributed by atoms with Gasteiger partial charge in [0.1, 0.15) is 6.61 Å². The lowest BCUT2D eigenvalue weighted by molar-refractivity contribution is 0.102. The Morgan fingerprint density at radius 3 is 2.46 bits per heavy atom. The smallest absolute Gasteiger partial charge is 0.407 e. The monoisotopic (exact) mass is 375 g/mol. The van der Waals surface area contributed by atoms with Crippen LogP contribution in [0, 0.1) is 0 Å². The van der Waals surface area contributed by atoms with Crippen LogP contribution in [0.3, 0.4) is 0 Å². The predicted molar refractivity (Wildman–Crippen MR) is 107 cm³/mol. The second-order valence-electron chi connectivity index (χ2n) is 6.03. The van der Waals surface area contributed by atoms with E-state index in [-0.39, 0.29) is 12.5 Å². The highest BCUT2D eigenvalue weighted by Crippen LogP contribution is 2.18. The van der Waals surface area contributed by atoms with E-state index in [1.807, 2.05) is 6.07 Å². The summed E-state index contributed by atoms with van der Waals surface area (Å²) < 4.78 is 5.12. The molecule has 0 spiro atoms. The number of nitrogens with one attached hydrogen (secondary N) is 2. The Kier molecular flexibility index (Phi) is 6.20. The molecule has 7 heteroatoms. The Morgan fingerprint density at radius 1 is 0.964 bits per heavy atom. The molecule has 0 aliphatic heterocycles. The highest BCUT2D eigenvalue weighted by molar-refractivity contribution is 6.05. The number of hydrogen-bond acceptors (Lipinski definition) is 5. The molecule has 0 saturated carbocycles. The second kappa shape index (κ2) is 9.18. The van der Waals surface area contributed by atoms with E-state index in [1.165, 1.54) is 0 Å². The molecule has 0 bridgehead atoms. The number of anilines is 2. The van der Waals surface area contributed by atoms with Crippen LogP contribution in [0.1, 0.15) is 21.5 Å². The maximum atomic E-state index is 12.3. The molecule has 7 nitrogen and oxygen atoms in total. The normalized spacial score (nSPS) is 10.1. The summed E-state index contributed by atoms with van der Waals surface area (Å²) in [6.07, 6.45) is 2.77. The van der Waals surface area contributed by atoms with Gasteiger partial charge in [-0.1, -0.05) is 30.3 Å². The SMILES string of the molecule is Nc1ccccc1NC(=O)c1ccc(CN[11C](=O)OCc2cccnc2)cc1. The number of nitrogens with zero attached hydrogens (tertiary/aromatic N) is 1. The molecule has 1 aromatic heterocycles. The largest absolute Gasteiger partial charge is 0.445 e. The Labute approximate surface area is 162 Å². The van der Waals surface area contributed by atoms with Crippen LogP contribution in [0.25, 0.3) is 0 Å². The Hall–Kier alpha value is -3.87. The zero-order valence-corrected chi connectivity index (χ0v) is 15.1. The van der Waals surface area contributed by atoms with Gasteiger partial charge in [-0.2, -0.15) is 0 Å². The molecule has 0 aliphatic carbocycles. The zero-order chi connectivity index (χ0) is 19.8. The molecule has 4 N–H and O–H groups in total. The third-order valence-corrected chi connectivity index (χ3v) is 3.95. The molecule has 0 atom stereocenters. The molecule has 0 fully saturated rings. The highest BCUT2D eigenvalue weighted by Gasteiger charge is 2.08. The van der Waals surface area contributed by atoms with Crippen LogP contribution in [0.4, 0.5) is 16.2 Å². The number of pyridine rings is 1. The van der Waals surface area contributed by atoms with Crippen molar-refractivity contribution in [3.05, 3.63) is 89.7 Å². The molecule has 0 radical (unpaired) electrons. The topological polar surface area (TPSA) is 106 Å². The first-order chi connectivity index (χ1) is 13.6. The summed E-state index contributed by atoms with van der Waals surface area (Å²) in [4.78, 5) is 28.0. The van der Waals surface area contributed by atoms with Gasteiger partial charge in [0.05, 0.1) is 11.4 Å². The van der Waals surface area contributed by atoms with Crippen molar-refractivity contribution >= 4 is 23.4 Å². The molecule has 2 aromatic carbocycles. The molecule has 0 aliphatic rings. The van der Waals surface area contributed by atoms with Crippen LogP contribution in [-0.2, 0) is 17.9 Å². The predicted octanol–water partition coefficient (Wildman–Crippen LogP) is 3.34. The van der Waals surface area contributed by atoms with E-state index in [4.69, 9.17) is 10.5 Å². The maximum Gasteiger partial charge on any atom is 0.407 e. The summed E-state index contributed by atoms with van der Waals surface area (Å²) in [5, 5.41) is 5.44. The van der Waals surface area contributed by atoms with Crippen LogP contribution in [0.2, 0.25) is 0 Å². The molecule has 1 heterocycles. The van der Waals surface area contributed by atoms with Crippen LogP contribution < -0.4 is 16.4 Å². The fourth-order valence-electron chi connectivity index (χ4n) is 2.44. The molecular formula is C21H20N4O3. The maximum absolute atomic E-state index is 12.3. The van der Waals surface area contributed by atoms with E-state index < -0.39 is 6.09 Å². The van der Waals surface area contributed by atoms with Gasteiger partial charge in [0.15, 0.2) is 0 Å². The minimum absolute atomic E-state index is 0.154. The second-order valence-corrected chi connectivity index (χ2v) is 6.03. The van der Waals surface area contributed by atoms with Crippen molar-refractivity contribution in [1.29, 1.82) is 0 Å². The third-order valence-electron chi connectivity index (χ3n) is 3.95. The standard InChI is InChI=1S/C21H20N4O3/c22-18-5-1-2-6-19(18)25-20(26)17-9-7-15(8-10-17)13-24-21(27)28-14-16-4-3-11-23-12-16/h1-12H,13-14,22H2,(H,24,27)(H,25,26)/i21-1. The van der Waals surface area contributed by atoms with Gasteiger partial charge >= 0.3 is 6.09 Å². The summed E-state index contributed by atoms with van der Waals surface area (Å²) in [6, 6.07) is 17.6. The van der Waals surface area contributed by atoms with Gasteiger partial charge < -0.3 is 21.1 Å². The van der Waals surface area contributed by atoms with E-state index >= 15 is 0 Å². The number of benzene rings is 2. The van der Waals surface area contributed by atoms with Crippen molar-refractivity contribution in [2.75, 3.05) is 11.1 Å². The van der Waals surface area contributed by atoms with Crippen LogP contribution in [-0.4, -0.2) is 17.0 Å². The van der Waals surface area contributed by atoms with Crippen molar-refractivity contribution < 1.29 is 14.3 Å². The van der Waals surface area contributed by atoms with Crippen LogP contribution in [0.5, 0.6) is 0 Å². The van der Waals surface area contributed by atoms with Gasteiger partial charge in [-0.25, -0.2) is 4.79 Å². The minimum Gasteiger partial charge on any atom is -0.445 e. The summed E-state index contributed by atoms with van der Waals surface area (Å²) in [6.45, 7) is 0.445. The molecule has 142 valence electrons. The number of carbonyl (C=O) groups is 2. The molecular weight excluding hydrogens is 355 g/mol. The zero-order valence-electron chi connectivity index (χ0n) is 15.1. The van der Waals surface area contributed by atoms with Gasteiger partial charge in [-0.3, -0.25) is 9.78 Å². The van der Waals surface area contributed by atoms with Crippen molar-refractivity contribution in [1.82, 2.24) is 10.3 Å². The number of nitrogen functional groups attached to an aromatic ring is 1. The number of para-hydroxylation sites is 2. The first-order valence-electron chi connectivity index (χ1n) is 8.66. The van der Waals surface area contributed by atoms with E-state index in [0.29, 0.717) is 23.5 Å². The van der Waals surface area contributed by atoms with Crippen molar-refractivity contribution in [3.8, 4) is 0 Å². The minimum atomic E-state index is -0.523. The van der Waals surface area contributed by atoms with Gasteiger partial charge in [0.2, 0.25) is 0 Å².